The van der Waals surface area contributed by atoms with Crippen molar-refractivity contribution in [1.82, 2.24) is 14.8 Å². The number of rotatable bonds is 5. The van der Waals surface area contributed by atoms with Crippen molar-refractivity contribution in [3.8, 4) is 17.0 Å². The largest absolute Gasteiger partial charge is 0.497 e. The topological polar surface area (TPSA) is 89.0 Å². The quantitative estimate of drug-likeness (QED) is 0.562. The van der Waals surface area contributed by atoms with Gasteiger partial charge in [0.1, 0.15) is 12.3 Å². The van der Waals surface area contributed by atoms with Gasteiger partial charge in [-0.1, -0.05) is 18.2 Å². The number of carbonyl (C=O) groups is 1. The lowest BCUT2D eigenvalue weighted by atomic mass is 10.1. The second-order valence-electron chi connectivity index (χ2n) is 6.27. The zero-order valence-electron chi connectivity index (χ0n) is 15.2. The Labute approximate surface area is 160 Å². The first kappa shape index (κ1) is 17.5. The van der Waals surface area contributed by atoms with E-state index in [9.17, 15) is 9.59 Å². The molecule has 0 saturated carbocycles. The highest BCUT2D eigenvalue weighted by molar-refractivity contribution is 5.93. The van der Waals surface area contributed by atoms with Gasteiger partial charge in [0.25, 0.3) is 5.56 Å². The number of H-pyrrole nitrogens is 1. The van der Waals surface area contributed by atoms with E-state index in [4.69, 9.17) is 4.74 Å². The lowest BCUT2D eigenvalue weighted by molar-refractivity contribution is -0.117. The van der Waals surface area contributed by atoms with Crippen LogP contribution in [0.3, 0.4) is 0 Å². The highest BCUT2D eigenvalue weighted by Gasteiger charge is 2.09. The molecule has 2 aromatic heterocycles. The molecule has 0 bridgehead atoms. The van der Waals surface area contributed by atoms with E-state index in [1.165, 1.54) is 6.07 Å². The van der Waals surface area contributed by atoms with E-state index in [1.807, 2.05) is 54.7 Å². The second kappa shape index (κ2) is 7.40. The first-order valence-corrected chi connectivity index (χ1v) is 8.72. The van der Waals surface area contributed by atoms with Crippen LogP contribution in [0.25, 0.3) is 22.2 Å². The Hall–Kier alpha value is -3.87. The van der Waals surface area contributed by atoms with Gasteiger partial charge in [0.15, 0.2) is 0 Å². The molecule has 2 N–H and O–H groups in total. The minimum absolute atomic E-state index is 0.181. The van der Waals surface area contributed by atoms with Gasteiger partial charge < -0.3 is 15.0 Å². The lowest BCUT2D eigenvalue weighted by Crippen LogP contribution is -2.29. The zero-order chi connectivity index (χ0) is 19.5. The van der Waals surface area contributed by atoms with Crippen molar-refractivity contribution < 1.29 is 9.53 Å². The number of ether oxygens (including phenoxy) is 1. The third-order valence-electron chi connectivity index (χ3n) is 4.36. The molecule has 0 aliphatic rings. The molecule has 7 heteroatoms. The Morgan fingerprint density at radius 2 is 2.04 bits per heavy atom. The molecule has 0 aliphatic carbocycles. The summed E-state index contributed by atoms with van der Waals surface area (Å²) in [6, 6.07) is 17.9. The molecule has 1 amide bonds. The van der Waals surface area contributed by atoms with Gasteiger partial charge in [0.2, 0.25) is 5.91 Å². The SMILES string of the molecule is COc1cccc(-c2ccc(=O)n(CC(=O)Nc3ccc4cc[nH]c4c3)n2)c1. The van der Waals surface area contributed by atoms with Gasteiger partial charge in [-0.15, -0.1) is 0 Å². The first-order chi connectivity index (χ1) is 13.6. The molecule has 0 fully saturated rings. The Bertz CT molecular complexity index is 1210. The van der Waals surface area contributed by atoms with E-state index in [0.717, 1.165) is 21.1 Å². The van der Waals surface area contributed by atoms with Crippen LogP contribution in [0.5, 0.6) is 5.75 Å². The molecular weight excluding hydrogens is 356 g/mol. The number of aromatic nitrogens is 3. The van der Waals surface area contributed by atoms with Gasteiger partial charge in [0.05, 0.1) is 12.8 Å². The Kier molecular flexibility index (Phi) is 4.63. The van der Waals surface area contributed by atoms with E-state index in [1.54, 1.807) is 13.2 Å². The normalized spacial score (nSPS) is 10.8. The molecule has 0 aliphatic heterocycles. The van der Waals surface area contributed by atoms with Crippen molar-refractivity contribution in [2.75, 3.05) is 12.4 Å². The standard InChI is InChI=1S/C21H18N4O3/c1-28-17-4-2-3-15(11-17)18-7-8-21(27)25(24-18)13-20(26)23-16-6-5-14-9-10-22-19(14)12-16/h2-12,22H,13H2,1H3,(H,23,26). The van der Waals surface area contributed by atoms with Gasteiger partial charge >= 0.3 is 0 Å². The van der Waals surface area contributed by atoms with E-state index in [2.05, 4.69) is 15.4 Å². The summed E-state index contributed by atoms with van der Waals surface area (Å²) in [4.78, 5) is 27.7. The van der Waals surface area contributed by atoms with Crippen LogP contribution in [0.15, 0.2) is 71.7 Å². The zero-order valence-corrected chi connectivity index (χ0v) is 15.2. The first-order valence-electron chi connectivity index (χ1n) is 8.72. The third kappa shape index (κ3) is 3.64. The average Bonchev–Trinajstić information content (AvgIpc) is 3.17. The number of anilines is 1. The molecule has 28 heavy (non-hydrogen) atoms. The number of hydrogen-bond acceptors (Lipinski definition) is 4. The van der Waals surface area contributed by atoms with Gasteiger partial charge in [-0.05, 0) is 41.8 Å². The van der Waals surface area contributed by atoms with Crippen molar-refractivity contribution in [2.24, 2.45) is 0 Å². The molecule has 4 aromatic rings. The van der Waals surface area contributed by atoms with Crippen LogP contribution in [0.4, 0.5) is 5.69 Å². The van der Waals surface area contributed by atoms with Crippen LogP contribution in [0.2, 0.25) is 0 Å². The summed E-state index contributed by atoms with van der Waals surface area (Å²) < 4.78 is 6.37. The minimum atomic E-state index is -0.346. The van der Waals surface area contributed by atoms with E-state index in [-0.39, 0.29) is 18.0 Å². The summed E-state index contributed by atoms with van der Waals surface area (Å²) in [7, 11) is 1.59. The fourth-order valence-corrected chi connectivity index (χ4v) is 2.96. The van der Waals surface area contributed by atoms with Crippen LogP contribution in [0, 0.1) is 0 Å². The molecule has 2 heterocycles. The summed E-state index contributed by atoms with van der Waals surface area (Å²) >= 11 is 0. The molecule has 0 atom stereocenters. The monoisotopic (exact) mass is 374 g/mol. The van der Waals surface area contributed by atoms with Gasteiger partial charge in [0, 0.05) is 29.0 Å². The van der Waals surface area contributed by atoms with Crippen molar-refractivity contribution in [2.45, 2.75) is 6.54 Å². The predicted octanol–water partition coefficient (Wildman–Crippen LogP) is 3.04. The van der Waals surface area contributed by atoms with E-state index in [0.29, 0.717) is 17.1 Å². The molecule has 4 rings (SSSR count). The van der Waals surface area contributed by atoms with Gasteiger partial charge in [-0.2, -0.15) is 5.10 Å². The molecule has 2 aromatic carbocycles. The number of hydrogen-bond donors (Lipinski definition) is 2. The van der Waals surface area contributed by atoms with Gasteiger partial charge in [-0.25, -0.2) is 4.68 Å². The Morgan fingerprint density at radius 3 is 2.89 bits per heavy atom. The molecule has 0 spiro atoms. The third-order valence-corrected chi connectivity index (χ3v) is 4.36. The maximum Gasteiger partial charge on any atom is 0.267 e. The fourth-order valence-electron chi connectivity index (χ4n) is 2.96. The number of nitrogens with zero attached hydrogens (tertiary/aromatic N) is 2. The van der Waals surface area contributed by atoms with Crippen LogP contribution in [-0.2, 0) is 11.3 Å². The highest BCUT2D eigenvalue weighted by Crippen LogP contribution is 2.21. The van der Waals surface area contributed by atoms with Crippen LogP contribution < -0.4 is 15.6 Å². The number of methoxy groups -OCH3 is 1. The Balaban J connectivity index is 1.54. The minimum Gasteiger partial charge on any atom is -0.497 e. The van der Waals surface area contributed by atoms with Gasteiger partial charge in [-0.3, -0.25) is 9.59 Å². The molecule has 7 nitrogen and oxygen atoms in total. The van der Waals surface area contributed by atoms with Crippen molar-refractivity contribution in [1.29, 1.82) is 0 Å². The van der Waals surface area contributed by atoms with Crippen molar-refractivity contribution in [3.05, 3.63) is 77.2 Å². The van der Waals surface area contributed by atoms with E-state index < -0.39 is 0 Å². The number of amides is 1. The van der Waals surface area contributed by atoms with Crippen molar-refractivity contribution in [3.63, 3.8) is 0 Å². The molecule has 140 valence electrons. The number of nitrogens with one attached hydrogen (secondary N) is 2. The number of aromatic amines is 1. The predicted molar refractivity (Wildman–Crippen MR) is 107 cm³/mol. The van der Waals surface area contributed by atoms with E-state index >= 15 is 0 Å². The van der Waals surface area contributed by atoms with Crippen LogP contribution in [0.1, 0.15) is 0 Å². The smallest absolute Gasteiger partial charge is 0.267 e. The van der Waals surface area contributed by atoms with Crippen LogP contribution >= 0.6 is 0 Å². The molecule has 0 saturated heterocycles. The average molecular weight is 374 g/mol. The number of carbonyl (C=O) groups excluding carboxylic acids is 1. The maximum atomic E-state index is 12.4. The molecule has 0 unspecified atom stereocenters. The Morgan fingerprint density at radius 1 is 1.14 bits per heavy atom. The number of fused-ring (bicyclic) bond motifs is 1. The highest BCUT2D eigenvalue weighted by atomic mass is 16.5. The fraction of sp³-hybridized carbons (Fsp3) is 0.0952. The lowest BCUT2D eigenvalue weighted by Gasteiger charge is -2.09. The van der Waals surface area contributed by atoms with Crippen LogP contribution in [-0.4, -0.2) is 27.8 Å². The molecular formula is C21H18N4O3. The summed E-state index contributed by atoms with van der Waals surface area (Å²) in [5.74, 6) is 0.359. The molecule has 0 radical (unpaired) electrons. The second-order valence-corrected chi connectivity index (χ2v) is 6.27. The summed E-state index contributed by atoms with van der Waals surface area (Å²) in [5.41, 5.74) is 2.61. The number of benzene rings is 2. The van der Waals surface area contributed by atoms with Crippen molar-refractivity contribution >= 4 is 22.5 Å². The summed E-state index contributed by atoms with van der Waals surface area (Å²) in [5, 5.41) is 8.18. The summed E-state index contributed by atoms with van der Waals surface area (Å²) in [6.07, 6.45) is 1.84. The maximum absolute atomic E-state index is 12.4. The summed E-state index contributed by atoms with van der Waals surface area (Å²) in [6.45, 7) is -0.181.